The van der Waals surface area contributed by atoms with Crippen LogP contribution in [0.1, 0.15) is 52.4 Å². The molecule has 0 aliphatic heterocycles. The molecule has 0 radical (unpaired) electrons. The summed E-state index contributed by atoms with van der Waals surface area (Å²) in [6.07, 6.45) is 5.49. The van der Waals surface area contributed by atoms with E-state index in [2.05, 4.69) is 6.92 Å². The predicted molar refractivity (Wildman–Crippen MR) is 58.2 cm³/mol. The lowest BCUT2D eigenvalue weighted by molar-refractivity contribution is -0.149. The molecule has 0 spiro atoms. The van der Waals surface area contributed by atoms with Gasteiger partial charge in [0.15, 0.2) is 0 Å². The van der Waals surface area contributed by atoms with Gasteiger partial charge >= 0.3 is 5.97 Å². The molecule has 0 bridgehead atoms. The van der Waals surface area contributed by atoms with Crippen molar-refractivity contribution in [1.82, 2.24) is 0 Å². The number of carbonyl (C=O) groups is 1. The maximum absolute atomic E-state index is 11.2. The summed E-state index contributed by atoms with van der Waals surface area (Å²) < 4.78 is 0. The minimum atomic E-state index is -0.724. The third-order valence-electron chi connectivity index (χ3n) is 2.83. The predicted octanol–water partition coefficient (Wildman–Crippen LogP) is 2.40. The molecule has 0 aliphatic carbocycles. The highest BCUT2D eigenvalue weighted by atomic mass is 16.4. The molecule has 1 atom stereocenters. The minimum absolute atomic E-state index is 0.264. The highest BCUT2D eigenvalue weighted by Crippen LogP contribution is 2.29. The van der Waals surface area contributed by atoms with Crippen LogP contribution in [-0.4, -0.2) is 17.6 Å². The van der Waals surface area contributed by atoms with Crippen molar-refractivity contribution in [3.8, 4) is 0 Å². The highest BCUT2D eigenvalue weighted by Gasteiger charge is 2.35. The van der Waals surface area contributed by atoms with Crippen molar-refractivity contribution in [2.75, 3.05) is 6.54 Å². The molecule has 0 aromatic carbocycles. The van der Waals surface area contributed by atoms with E-state index in [0.29, 0.717) is 6.42 Å². The minimum Gasteiger partial charge on any atom is -0.481 e. The first-order valence-corrected chi connectivity index (χ1v) is 5.56. The van der Waals surface area contributed by atoms with Gasteiger partial charge in [-0.2, -0.15) is 0 Å². The lowest BCUT2D eigenvalue weighted by Gasteiger charge is -2.27. The Kier molecular flexibility index (Phi) is 6.54. The van der Waals surface area contributed by atoms with E-state index in [-0.39, 0.29) is 6.54 Å². The van der Waals surface area contributed by atoms with Crippen LogP contribution < -0.4 is 5.73 Å². The van der Waals surface area contributed by atoms with Crippen molar-refractivity contribution in [1.29, 1.82) is 0 Å². The summed E-state index contributed by atoms with van der Waals surface area (Å²) in [5.41, 5.74) is 4.93. The van der Waals surface area contributed by atoms with Crippen molar-refractivity contribution in [3.05, 3.63) is 0 Å². The standard InChI is InChI=1S/C11H23NO2/c1-3-5-6-8-11(9-12,7-4-2)10(13)14/h3-9,12H2,1-2H3,(H,13,14). The third-order valence-corrected chi connectivity index (χ3v) is 2.83. The summed E-state index contributed by atoms with van der Waals surface area (Å²) in [5.74, 6) is -0.724. The van der Waals surface area contributed by atoms with Crippen LogP contribution in [0.2, 0.25) is 0 Å². The van der Waals surface area contributed by atoms with E-state index < -0.39 is 11.4 Å². The Balaban J connectivity index is 4.26. The maximum atomic E-state index is 11.2. The molecule has 3 nitrogen and oxygen atoms in total. The SMILES string of the molecule is CCCCCC(CN)(CCC)C(=O)O. The Hall–Kier alpha value is -0.570. The van der Waals surface area contributed by atoms with Crippen molar-refractivity contribution in [2.45, 2.75) is 52.4 Å². The number of aliphatic carboxylic acids is 1. The number of unbranched alkanes of at least 4 members (excludes halogenated alkanes) is 2. The smallest absolute Gasteiger partial charge is 0.310 e. The summed E-state index contributed by atoms with van der Waals surface area (Å²) in [5, 5.41) is 9.17. The zero-order valence-corrected chi connectivity index (χ0v) is 9.38. The normalized spacial score (nSPS) is 15.1. The van der Waals surface area contributed by atoms with Gasteiger partial charge in [-0.1, -0.05) is 39.5 Å². The summed E-state index contributed by atoms with van der Waals surface area (Å²) >= 11 is 0. The second-order valence-electron chi connectivity index (χ2n) is 4.00. The van der Waals surface area contributed by atoms with E-state index >= 15 is 0 Å². The molecule has 0 fully saturated rings. The van der Waals surface area contributed by atoms with Gasteiger partial charge in [0.2, 0.25) is 0 Å². The van der Waals surface area contributed by atoms with Crippen molar-refractivity contribution in [2.24, 2.45) is 11.1 Å². The molecule has 0 aliphatic rings. The zero-order chi connectivity index (χ0) is 11.0. The van der Waals surface area contributed by atoms with Crippen LogP contribution in [0.3, 0.4) is 0 Å². The zero-order valence-electron chi connectivity index (χ0n) is 9.38. The van der Waals surface area contributed by atoms with Gasteiger partial charge in [-0.3, -0.25) is 4.79 Å². The molecule has 0 amide bonds. The number of rotatable bonds is 8. The Morgan fingerprint density at radius 3 is 2.21 bits per heavy atom. The monoisotopic (exact) mass is 201 g/mol. The van der Waals surface area contributed by atoms with Crippen LogP contribution in [0.5, 0.6) is 0 Å². The molecular formula is C11H23NO2. The Bertz CT molecular complexity index is 171. The van der Waals surface area contributed by atoms with Gasteiger partial charge in [0.25, 0.3) is 0 Å². The molecule has 84 valence electrons. The van der Waals surface area contributed by atoms with Gasteiger partial charge in [-0.25, -0.2) is 0 Å². The molecular weight excluding hydrogens is 178 g/mol. The van der Waals surface area contributed by atoms with E-state index in [1.54, 1.807) is 0 Å². The largest absolute Gasteiger partial charge is 0.481 e. The summed E-state index contributed by atoms with van der Waals surface area (Å²) in [4.78, 5) is 11.2. The van der Waals surface area contributed by atoms with E-state index in [4.69, 9.17) is 5.73 Å². The van der Waals surface area contributed by atoms with Crippen LogP contribution in [0.25, 0.3) is 0 Å². The van der Waals surface area contributed by atoms with Gasteiger partial charge in [0.1, 0.15) is 0 Å². The Labute approximate surface area is 86.7 Å². The molecule has 0 saturated heterocycles. The first-order chi connectivity index (χ1) is 6.63. The van der Waals surface area contributed by atoms with E-state index in [1.807, 2.05) is 6.92 Å². The van der Waals surface area contributed by atoms with Crippen LogP contribution in [0, 0.1) is 5.41 Å². The topological polar surface area (TPSA) is 63.3 Å². The average molecular weight is 201 g/mol. The fourth-order valence-corrected chi connectivity index (χ4v) is 1.82. The van der Waals surface area contributed by atoms with Crippen molar-refractivity contribution in [3.63, 3.8) is 0 Å². The molecule has 3 N–H and O–H groups in total. The summed E-state index contributed by atoms with van der Waals surface area (Å²) in [7, 11) is 0. The van der Waals surface area contributed by atoms with Crippen LogP contribution in [0.15, 0.2) is 0 Å². The summed E-state index contributed by atoms with van der Waals surface area (Å²) in [6.45, 7) is 4.39. The fraction of sp³-hybridized carbons (Fsp3) is 0.909. The Morgan fingerprint density at radius 2 is 1.86 bits per heavy atom. The van der Waals surface area contributed by atoms with Gasteiger partial charge in [0.05, 0.1) is 5.41 Å². The fourth-order valence-electron chi connectivity index (χ4n) is 1.82. The molecule has 0 rings (SSSR count). The highest BCUT2D eigenvalue weighted by molar-refractivity contribution is 5.74. The second kappa shape index (κ2) is 6.82. The first-order valence-electron chi connectivity index (χ1n) is 5.56. The van der Waals surface area contributed by atoms with Crippen LogP contribution >= 0.6 is 0 Å². The molecule has 14 heavy (non-hydrogen) atoms. The molecule has 3 heteroatoms. The summed E-state index contributed by atoms with van der Waals surface area (Å²) in [6, 6.07) is 0. The molecule has 0 aromatic rings. The first kappa shape index (κ1) is 13.4. The quantitative estimate of drug-likeness (QED) is 0.593. The number of hydrogen-bond acceptors (Lipinski definition) is 2. The van der Waals surface area contributed by atoms with Gasteiger partial charge < -0.3 is 10.8 Å². The maximum Gasteiger partial charge on any atom is 0.310 e. The van der Waals surface area contributed by atoms with Crippen molar-refractivity contribution < 1.29 is 9.90 Å². The van der Waals surface area contributed by atoms with Gasteiger partial charge in [-0.15, -0.1) is 0 Å². The van der Waals surface area contributed by atoms with Crippen LogP contribution in [-0.2, 0) is 4.79 Å². The molecule has 1 unspecified atom stereocenters. The second-order valence-corrected chi connectivity index (χ2v) is 4.00. The number of carboxylic acid groups (broad SMARTS) is 1. The number of carboxylic acids is 1. The van der Waals surface area contributed by atoms with Crippen molar-refractivity contribution >= 4 is 5.97 Å². The average Bonchev–Trinajstić information content (AvgIpc) is 2.16. The van der Waals surface area contributed by atoms with Gasteiger partial charge in [-0.05, 0) is 12.8 Å². The molecule has 0 saturated carbocycles. The Morgan fingerprint density at radius 1 is 1.21 bits per heavy atom. The lowest BCUT2D eigenvalue weighted by Crippen LogP contribution is -2.38. The third kappa shape index (κ3) is 3.66. The molecule has 0 aromatic heterocycles. The van der Waals surface area contributed by atoms with Crippen LogP contribution in [0.4, 0.5) is 0 Å². The van der Waals surface area contributed by atoms with E-state index in [9.17, 15) is 9.90 Å². The lowest BCUT2D eigenvalue weighted by atomic mass is 9.79. The van der Waals surface area contributed by atoms with Gasteiger partial charge in [0, 0.05) is 6.54 Å². The van der Waals surface area contributed by atoms with E-state index in [1.165, 1.54) is 0 Å². The number of nitrogens with two attached hydrogens (primary N) is 1. The number of hydrogen-bond donors (Lipinski definition) is 2. The van der Waals surface area contributed by atoms with E-state index in [0.717, 1.165) is 32.1 Å². The molecule has 0 heterocycles.